The molecule has 0 saturated carbocycles. The lowest BCUT2D eigenvalue weighted by molar-refractivity contribution is -0.136. The number of carbonyl (C=O) groups is 1. The number of nitrogens with zero attached hydrogens (tertiary/aromatic N) is 2. The topological polar surface area (TPSA) is 41.9 Å². The summed E-state index contributed by atoms with van der Waals surface area (Å²) < 4.78 is 0. The summed E-state index contributed by atoms with van der Waals surface area (Å²) in [6.45, 7) is 6.60. The van der Waals surface area contributed by atoms with Gasteiger partial charge in [-0.25, -0.2) is 4.79 Å². The molecule has 2 aromatic carbocycles. The average molecular weight is 377 g/mol. The number of unbranched alkanes of at least 4 members (excludes halogenated alkanes) is 2. The average Bonchev–Trinajstić information content (AvgIpc) is 3.10. The highest BCUT2D eigenvalue weighted by Crippen LogP contribution is 2.23. The van der Waals surface area contributed by atoms with Crippen molar-refractivity contribution in [3.05, 3.63) is 71.3 Å². The van der Waals surface area contributed by atoms with Gasteiger partial charge in [-0.05, 0) is 36.6 Å². The quantitative estimate of drug-likeness (QED) is 0.432. The number of anilines is 1. The smallest absolute Gasteiger partial charge is 0.368 e. The van der Waals surface area contributed by atoms with Crippen LogP contribution in [-0.2, 0) is 9.63 Å². The van der Waals surface area contributed by atoms with Gasteiger partial charge in [0, 0.05) is 24.3 Å². The van der Waals surface area contributed by atoms with Crippen LogP contribution in [0.4, 0.5) is 5.69 Å². The van der Waals surface area contributed by atoms with Gasteiger partial charge in [0.15, 0.2) is 0 Å². The van der Waals surface area contributed by atoms with Gasteiger partial charge in [-0.15, -0.1) is 0 Å². The number of rotatable bonds is 9. The largest absolute Gasteiger partial charge is 0.372 e. The summed E-state index contributed by atoms with van der Waals surface area (Å²) in [5.74, 6) is -0.407. The maximum atomic E-state index is 12.2. The zero-order chi connectivity index (χ0) is 19.8. The van der Waals surface area contributed by atoms with Crippen molar-refractivity contribution in [1.82, 2.24) is 0 Å². The second kappa shape index (κ2) is 9.88. The number of hydrogen-bond donors (Lipinski definition) is 0. The SMILES string of the molecule is CCCCN(CCCC)c1ccc(/C=C2\C(=O)ON=C2c2ccccc2)cc1. The monoisotopic (exact) mass is 376 g/mol. The molecule has 0 fully saturated rings. The van der Waals surface area contributed by atoms with Gasteiger partial charge in [-0.2, -0.15) is 0 Å². The molecule has 0 atom stereocenters. The first-order chi connectivity index (χ1) is 13.7. The van der Waals surface area contributed by atoms with Gasteiger partial charge < -0.3 is 9.74 Å². The lowest BCUT2D eigenvalue weighted by Gasteiger charge is -2.24. The van der Waals surface area contributed by atoms with Crippen LogP contribution in [0.2, 0.25) is 0 Å². The van der Waals surface area contributed by atoms with E-state index < -0.39 is 5.97 Å². The van der Waals surface area contributed by atoms with Gasteiger partial charge in [-0.3, -0.25) is 0 Å². The normalized spacial score (nSPS) is 14.9. The highest BCUT2D eigenvalue weighted by atomic mass is 16.7. The highest BCUT2D eigenvalue weighted by Gasteiger charge is 2.26. The van der Waals surface area contributed by atoms with Crippen LogP contribution in [0.3, 0.4) is 0 Å². The fourth-order valence-corrected chi connectivity index (χ4v) is 3.23. The van der Waals surface area contributed by atoms with E-state index in [1.165, 1.54) is 31.4 Å². The predicted octanol–water partition coefficient (Wildman–Crippen LogP) is 5.44. The lowest BCUT2D eigenvalue weighted by Crippen LogP contribution is -2.25. The molecule has 4 nitrogen and oxygen atoms in total. The first kappa shape index (κ1) is 19.9. The van der Waals surface area contributed by atoms with Crippen LogP contribution < -0.4 is 4.90 Å². The Morgan fingerprint density at radius 3 is 2.18 bits per heavy atom. The molecule has 2 aromatic rings. The van der Waals surface area contributed by atoms with Crippen molar-refractivity contribution in [2.75, 3.05) is 18.0 Å². The molecule has 0 amide bonds. The van der Waals surface area contributed by atoms with E-state index in [0.717, 1.165) is 24.2 Å². The molecule has 0 spiro atoms. The highest BCUT2D eigenvalue weighted by molar-refractivity contribution is 6.31. The Hall–Kier alpha value is -2.88. The fraction of sp³-hybridized carbons (Fsp3) is 0.333. The Balaban J connectivity index is 1.80. The number of oxime groups is 1. The summed E-state index contributed by atoms with van der Waals surface area (Å²) in [5.41, 5.74) is 4.15. The maximum Gasteiger partial charge on any atom is 0.368 e. The molecule has 146 valence electrons. The van der Waals surface area contributed by atoms with Gasteiger partial charge in [0.05, 0.1) is 5.57 Å². The molecular weight excluding hydrogens is 348 g/mol. The summed E-state index contributed by atoms with van der Waals surface area (Å²) in [4.78, 5) is 19.5. The molecule has 4 heteroatoms. The van der Waals surface area contributed by atoms with Crippen LogP contribution in [0.1, 0.15) is 50.7 Å². The Morgan fingerprint density at radius 1 is 0.929 bits per heavy atom. The molecular formula is C24H28N2O2. The van der Waals surface area contributed by atoms with Gasteiger partial charge in [0.25, 0.3) is 0 Å². The molecule has 0 radical (unpaired) electrons. The third-order valence-electron chi connectivity index (χ3n) is 4.87. The molecule has 3 rings (SSSR count). The van der Waals surface area contributed by atoms with Crippen molar-refractivity contribution in [1.29, 1.82) is 0 Å². The Bertz CT molecular complexity index is 831. The Labute approximate surface area is 167 Å². The van der Waals surface area contributed by atoms with Crippen molar-refractivity contribution in [3.8, 4) is 0 Å². The van der Waals surface area contributed by atoms with Gasteiger partial charge in [0.1, 0.15) is 5.71 Å². The number of hydrogen-bond acceptors (Lipinski definition) is 4. The molecule has 0 unspecified atom stereocenters. The van der Waals surface area contributed by atoms with Gasteiger partial charge in [-0.1, -0.05) is 74.3 Å². The van der Waals surface area contributed by atoms with Crippen LogP contribution in [0.15, 0.2) is 65.3 Å². The second-order valence-electron chi connectivity index (χ2n) is 7.03. The molecule has 1 aliphatic rings. The van der Waals surface area contributed by atoms with E-state index in [9.17, 15) is 4.79 Å². The van der Waals surface area contributed by atoms with E-state index in [-0.39, 0.29) is 0 Å². The van der Waals surface area contributed by atoms with Crippen molar-refractivity contribution in [2.45, 2.75) is 39.5 Å². The Kier molecular flexibility index (Phi) is 7.01. The third kappa shape index (κ3) is 4.89. The van der Waals surface area contributed by atoms with Crippen molar-refractivity contribution in [2.24, 2.45) is 5.16 Å². The molecule has 0 saturated heterocycles. The molecule has 0 aromatic heterocycles. The van der Waals surface area contributed by atoms with E-state index >= 15 is 0 Å². The first-order valence-corrected chi connectivity index (χ1v) is 10.1. The van der Waals surface area contributed by atoms with Crippen LogP contribution >= 0.6 is 0 Å². The summed E-state index contributed by atoms with van der Waals surface area (Å²) >= 11 is 0. The molecule has 0 bridgehead atoms. The zero-order valence-corrected chi connectivity index (χ0v) is 16.7. The number of carbonyl (C=O) groups excluding carboxylic acids is 1. The third-order valence-corrected chi connectivity index (χ3v) is 4.87. The van der Waals surface area contributed by atoms with Crippen molar-refractivity contribution in [3.63, 3.8) is 0 Å². The van der Waals surface area contributed by atoms with E-state index in [0.29, 0.717) is 11.3 Å². The van der Waals surface area contributed by atoms with E-state index in [1.807, 2.05) is 36.4 Å². The standard InChI is InChI=1S/C24H28N2O2/c1-3-5-16-26(17-6-4-2)21-14-12-19(13-15-21)18-22-23(25-28-24(22)27)20-10-8-7-9-11-20/h7-15,18H,3-6,16-17H2,1-2H3/b22-18-. The Morgan fingerprint density at radius 2 is 1.57 bits per heavy atom. The maximum absolute atomic E-state index is 12.2. The van der Waals surface area contributed by atoms with E-state index in [4.69, 9.17) is 4.84 Å². The second-order valence-corrected chi connectivity index (χ2v) is 7.03. The van der Waals surface area contributed by atoms with Crippen LogP contribution in [0, 0.1) is 0 Å². The minimum absolute atomic E-state index is 0.407. The minimum Gasteiger partial charge on any atom is -0.372 e. The van der Waals surface area contributed by atoms with E-state index in [2.05, 4.69) is 48.2 Å². The van der Waals surface area contributed by atoms with E-state index in [1.54, 1.807) is 0 Å². The predicted molar refractivity (Wildman–Crippen MR) is 116 cm³/mol. The van der Waals surface area contributed by atoms with Crippen LogP contribution in [0.25, 0.3) is 6.08 Å². The van der Waals surface area contributed by atoms with Crippen molar-refractivity contribution < 1.29 is 9.63 Å². The minimum atomic E-state index is -0.407. The fourth-order valence-electron chi connectivity index (χ4n) is 3.23. The molecule has 1 heterocycles. The summed E-state index contributed by atoms with van der Waals surface area (Å²) in [5, 5.41) is 3.97. The van der Waals surface area contributed by atoms with Gasteiger partial charge >= 0.3 is 5.97 Å². The van der Waals surface area contributed by atoms with Crippen molar-refractivity contribution >= 4 is 23.4 Å². The molecule has 28 heavy (non-hydrogen) atoms. The van der Waals surface area contributed by atoms with Crippen LogP contribution in [-0.4, -0.2) is 24.8 Å². The van der Waals surface area contributed by atoms with Gasteiger partial charge in [0.2, 0.25) is 0 Å². The summed E-state index contributed by atoms with van der Waals surface area (Å²) in [7, 11) is 0. The summed E-state index contributed by atoms with van der Waals surface area (Å²) in [6, 6.07) is 18.0. The zero-order valence-electron chi connectivity index (χ0n) is 16.7. The molecule has 0 N–H and O–H groups in total. The lowest BCUT2D eigenvalue weighted by atomic mass is 10.0. The number of benzene rings is 2. The first-order valence-electron chi connectivity index (χ1n) is 10.1. The summed E-state index contributed by atoms with van der Waals surface area (Å²) in [6.07, 6.45) is 6.62. The van der Waals surface area contributed by atoms with Crippen LogP contribution in [0.5, 0.6) is 0 Å². The molecule has 0 aliphatic carbocycles. The molecule has 1 aliphatic heterocycles.